The highest BCUT2D eigenvalue weighted by molar-refractivity contribution is 5.81. The number of phenolic OH excluding ortho intramolecular Hbond substituents is 1. The van der Waals surface area contributed by atoms with Crippen LogP contribution in [0.5, 0.6) is 5.75 Å². The Hall–Kier alpha value is -3.34. The second-order valence-electron chi connectivity index (χ2n) is 8.55. The summed E-state index contributed by atoms with van der Waals surface area (Å²) in [4.78, 5) is 10.1. The standard InChI is InChI=1S/C22H24F3N5O.CH2O2/c23-16-9-14(13-5-6-13)10-18(31)20(16)21-17-4-2-8-30(17)22(28-27-21)26-15-3-1-7-29(11-15)12-19(24)25;2-1-3/h2,4,8-10,13,15,19,31H,1,3,5-7,11-12H2,(H,26,28);1H,(H,2,3)/t15-;/m1./s1. The molecule has 2 fully saturated rings. The molecule has 0 radical (unpaired) electrons. The van der Waals surface area contributed by atoms with Gasteiger partial charge in [-0.2, -0.15) is 0 Å². The maximum absolute atomic E-state index is 14.9. The van der Waals surface area contributed by atoms with Crippen molar-refractivity contribution in [1.29, 1.82) is 0 Å². The highest BCUT2D eigenvalue weighted by Crippen LogP contribution is 2.44. The van der Waals surface area contributed by atoms with E-state index in [0.29, 0.717) is 30.5 Å². The molecule has 1 aliphatic carbocycles. The molecular weight excluding hydrogens is 451 g/mol. The molecule has 3 heterocycles. The molecule has 1 saturated heterocycles. The summed E-state index contributed by atoms with van der Waals surface area (Å²) in [6.45, 7) is 0.660. The van der Waals surface area contributed by atoms with Crippen molar-refractivity contribution in [3.63, 3.8) is 0 Å². The lowest BCUT2D eigenvalue weighted by Gasteiger charge is -2.33. The summed E-state index contributed by atoms with van der Waals surface area (Å²) < 4.78 is 42.2. The summed E-state index contributed by atoms with van der Waals surface area (Å²) in [6.07, 6.45) is 3.10. The number of carbonyl (C=O) groups is 1. The third kappa shape index (κ3) is 5.24. The average molecular weight is 477 g/mol. The molecule has 0 amide bonds. The van der Waals surface area contributed by atoms with Crippen LogP contribution in [0.1, 0.15) is 37.2 Å². The number of piperidine rings is 1. The van der Waals surface area contributed by atoms with Crippen LogP contribution >= 0.6 is 0 Å². The number of fused-ring (bicyclic) bond motifs is 1. The summed E-state index contributed by atoms with van der Waals surface area (Å²) in [5.74, 6) is 0.118. The van der Waals surface area contributed by atoms with Gasteiger partial charge in [0.2, 0.25) is 5.95 Å². The SMILES string of the molecule is O=CO.Oc1cc(C2CC2)cc(F)c1-c1nnc(N[C@@H]2CCCN(CC(F)F)C2)n2cccc12. The molecule has 0 bridgehead atoms. The number of hydrogen-bond donors (Lipinski definition) is 3. The van der Waals surface area contributed by atoms with Crippen molar-refractivity contribution in [3.05, 3.63) is 41.8 Å². The molecule has 1 aromatic carbocycles. The van der Waals surface area contributed by atoms with Crippen molar-refractivity contribution < 1.29 is 28.2 Å². The lowest BCUT2D eigenvalue weighted by molar-refractivity contribution is -0.122. The zero-order valence-corrected chi connectivity index (χ0v) is 18.4. The van der Waals surface area contributed by atoms with Gasteiger partial charge in [-0.1, -0.05) is 0 Å². The molecule has 2 aliphatic rings. The second kappa shape index (κ2) is 10.3. The molecule has 0 unspecified atom stereocenters. The Balaban J connectivity index is 0.000000868. The average Bonchev–Trinajstić information content (AvgIpc) is 3.51. The van der Waals surface area contributed by atoms with E-state index in [1.807, 2.05) is 0 Å². The number of rotatable bonds is 6. The highest BCUT2D eigenvalue weighted by atomic mass is 19.3. The summed E-state index contributed by atoms with van der Waals surface area (Å²) in [7, 11) is 0. The number of hydrogen-bond acceptors (Lipinski definition) is 6. The van der Waals surface area contributed by atoms with Crippen molar-refractivity contribution >= 4 is 17.9 Å². The van der Waals surface area contributed by atoms with E-state index in [4.69, 9.17) is 9.90 Å². The van der Waals surface area contributed by atoms with E-state index >= 15 is 0 Å². The molecular formula is C23H26F3N5O3. The second-order valence-corrected chi connectivity index (χ2v) is 8.55. The van der Waals surface area contributed by atoms with Crippen LogP contribution < -0.4 is 5.32 Å². The van der Waals surface area contributed by atoms with Gasteiger partial charge < -0.3 is 15.5 Å². The van der Waals surface area contributed by atoms with Crippen molar-refractivity contribution in [2.24, 2.45) is 0 Å². The molecule has 34 heavy (non-hydrogen) atoms. The van der Waals surface area contributed by atoms with Crippen LogP contribution in [0.4, 0.5) is 19.1 Å². The zero-order valence-electron chi connectivity index (χ0n) is 18.4. The Morgan fingerprint density at radius 2 is 2.00 bits per heavy atom. The first-order valence-corrected chi connectivity index (χ1v) is 11.1. The van der Waals surface area contributed by atoms with Gasteiger partial charge in [-0.25, -0.2) is 13.2 Å². The minimum atomic E-state index is -2.36. The Morgan fingerprint density at radius 3 is 2.68 bits per heavy atom. The maximum atomic E-state index is 14.9. The quantitative estimate of drug-likeness (QED) is 0.462. The van der Waals surface area contributed by atoms with Gasteiger partial charge in [0.15, 0.2) is 0 Å². The number of aromatic hydroxyl groups is 1. The van der Waals surface area contributed by atoms with E-state index in [9.17, 15) is 18.3 Å². The van der Waals surface area contributed by atoms with E-state index < -0.39 is 12.2 Å². The number of phenols is 1. The Bertz CT molecular complexity index is 1130. The smallest absolute Gasteiger partial charge is 0.290 e. The predicted octanol–water partition coefficient (Wildman–Crippen LogP) is 3.96. The lowest BCUT2D eigenvalue weighted by atomic mass is 10.0. The minimum absolute atomic E-state index is 0.0351. The number of likely N-dealkylation sites (tertiary alicyclic amines) is 1. The number of nitrogens with one attached hydrogen (secondary N) is 1. The molecule has 182 valence electrons. The monoisotopic (exact) mass is 477 g/mol. The van der Waals surface area contributed by atoms with Crippen molar-refractivity contribution in [1.82, 2.24) is 19.5 Å². The van der Waals surface area contributed by atoms with Crippen molar-refractivity contribution in [2.45, 2.75) is 44.1 Å². The molecule has 11 heteroatoms. The fraction of sp³-hybridized carbons (Fsp3) is 0.435. The summed E-state index contributed by atoms with van der Waals surface area (Å²) in [6, 6.07) is 6.63. The van der Waals surface area contributed by atoms with E-state index in [1.54, 1.807) is 33.7 Å². The van der Waals surface area contributed by atoms with Crippen molar-refractivity contribution in [3.8, 4) is 17.0 Å². The maximum Gasteiger partial charge on any atom is 0.290 e. The fourth-order valence-corrected chi connectivity index (χ4v) is 4.45. The van der Waals surface area contributed by atoms with Crippen LogP contribution in [0.3, 0.4) is 0 Å². The number of carboxylic acid groups (broad SMARTS) is 1. The molecule has 1 saturated carbocycles. The van der Waals surface area contributed by atoms with Gasteiger partial charge >= 0.3 is 0 Å². The highest BCUT2D eigenvalue weighted by Gasteiger charge is 2.28. The number of nitrogens with zero attached hydrogens (tertiary/aromatic N) is 4. The molecule has 5 rings (SSSR count). The van der Waals surface area contributed by atoms with Crippen LogP contribution in [-0.4, -0.2) is 68.3 Å². The van der Waals surface area contributed by atoms with Crippen LogP contribution in [0.2, 0.25) is 0 Å². The Morgan fingerprint density at radius 1 is 1.24 bits per heavy atom. The van der Waals surface area contributed by atoms with Gasteiger partial charge in [-0.3, -0.25) is 14.1 Å². The van der Waals surface area contributed by atoms with Gasteiger partial charge in [0.25, 0.3) is 12.9 Å². The molecule has 3 N–H and O–H groups in total. The number of alkyl halides is 2. The fourth-order valence-electron chi connectivity index (χ4n) is 4.45. The molecule has 3 aromatic rings. The van der Waals surface area contributed by atoms with Gasteiger partial charge in [-0.05, 0) is 68.0 Å². The number of aromatic nitrogens is 3. The first-order valence-electron chi connectivity index (χ1n) is 11.1. The molecule has 8 nitrogen and oxygen atoms in total. The topological polar surface area (TPSA) is 103 Å². The summed E-state index contributed by atoms with van der Waals surface area (Å²) in [5.41, 5.74) is 1.71. The Labute approximate surface area is 194 Å². The van der Waals surface area contributed by atoms with Crippen LogP contribution in [0, 0.1) is 5.82 Å². The summed E-state index contributed by atoms with van der Waals surface area (Å²) >= 11 is 0. The largest absolute Gasteiger partial charge is 0.507 e. The van der Waals surface area contributed by atoms with Crippen molar-refractivity contribution in [2.75, 3.05) is 25.0 Å². The third-order valence-corrected chi connectivity index (χ3v) is 6.08. The molecule has 1 aliphatic heterocycles. The van der Waals surface area contributed by atoms with Gasteiger partial charge in [0.1, 0.15) is 17.3 Å². The normalized spacial score (nSPS) is 18.5. The lowest BCUT2D eigenvalue weighted by Crippen LogP contribution is -2.44. The predicted molar refractivity (Wildman–Crippen MR) is 120 cm³/mol. The van der Waals surface area contributed by atoms with Crippen LogP contribution in [0.15, 0.2) is 30.5 Å². The van der Waals surface area contributed by atoms with Gasteiger partial charge in [0.05, 0.1) is 17.6 Å². The number of halogens is 3. The van der Waals surface area contributed by atoms with E-state index in [-0.39, 0.29) is 36.1 Å². The molecule has 1 atom stereocenters. The summed E-state index contributed by atoms with van der Waals surface area (Å²) in [5, 5.41) is 29.2. The van der Waals surface area contributed by atoms with E-state index in [0.717, 1.165) is 31.2 Å². The number of benzene rings is 1. The van der Waals surface area contributed by atoms with E-state index in [2.05, 4.69) is 15.5 Å². The first-order chi connectivity index (χ1) is 16.4. The van der Waals surface area contributed by atoms with Gasteiger partial charge in [-0.15, -0.1) is 10.2 Å². The Kier molecular flexibility index (Phi) is 7.20. The van der Waals surface area contributed by atoms with Gasteiger partial charge in [0, 0.05) is 18.8 Å². The van der Waals surface area contributed by atoms with Crippen LogP contribution in [-0.2, 0) is 4.79 Å². The first kappa shape index (κ1) is 23.8. The third-order valence-electron chi connectivity index (χ3n) is 6.08. The zero-order chi connectivity index (χ0) is 24.2. The molecule has 2 aromatic heterocycles. The number of anilines is 1. The van der Waals surface area contributed by atoms with Crippen LogP contribution in [0.25, 0.3) is 16.8 Å². The van der Waals surface area contributed by atoms with E-state index in [1.165, 1.54) is 6.07 Å². The minimum Gasteiger partial charge on any atom is -0.507 e. The molecule has 0 spiro atoms.